The molecule has 0 aliphatic rings. The first-order valence-electron chi connectivity index (χ1n) is 7.74. The molecule has 0 saturated heterocycles. The Kier molecular flexibility index (Phi) is 7.33. The lowest BCUT2D eigenvalue weighted by Crippen LogP contribution is -2.11. The van der Waals surface area contributed by atoms with Crippen LogP contribution in [0.15, 0.2) is 54.6 Å². The zero-order chi connectivity index (χ0) is 17.2. The maximum atomic E-state index is 12.1. The van der Waals surface area contributed by atoms with Gasteiger partial charge in [0, 0.05) is 17.7 Å². The molecular weight excluding hydrogens is 326 g/mol. The molecule has 2 aromatic carbocycles. The van der Waals surface area contributed by atoms with Crippen molar-refractivity contribution in [3.05, 3.63) is 65.2 Å². The minimum absolute atomic E-state index is 0.254. The Morgan fingerprint density at radius 3 is 2.67 bits per heavy atom. The number of hydrogen-bond acceptors (Lipinski definition) is 3. The predicted molar refractivity (Wildman–Crippen MR) is 97.5 cm³/mol. The van der Waals surface area contributed by atoms with Crippen molar-refractivity contribution in [3.8, 4) is 5.75 Å². The van der Waals surface area contributed by atoms with Crippen LogP contribution < -0.4 is 10.1 Å². The van der Waals surface area contributed by atoms with Crippen LogP contribution in [0.5, 0.6) is 5.75 Å². The van der Waals surface area contributed by atoms with Gasteiger partial charge in [-0.2, -0.15) is 0 Å². The largest absolute Gasteiger partial charge is 0.489 e. The Bertz CT molecular complexity index is 701. The van der Waals surface area contributed by atoms with Crippen molar-refractivity contribution in [2.45, 2.75) is 6.92 Å². The van der Waals surface area contributed by atoms with Crippen molar-refractivity contribution < 1.29 is 14.3 Å². The molecule has 2 aromatic rings. The molecule has 24 heavy (non-hydrogen) atoms. The second-order valence-corrected chi connectivity index (χ2v) is 5.29. The van der Waals surface area contributed by atoms with E-state index in [0.717, 1.165) is 5.56 Å². The van der Waals surface area contributed by atoms with Crippen LogP contribution in [0.1, 0.15) is 12.5 Å². The summed E-state index contributed by atoms with van der Waals surface area (Å²) in [7, 11) is 0. The van der Waals surface area contributed by atoms with Crippen LogP contribution in [0, 0.1) is 0 Å². The number of para-hydroxylation sites is 2. The van der Waals surface area contributed by atoms with Crippen LogP contribution in [0.3, 0.4) is 0 Å². The maximum Gasteiger partial charge on any atom is 0.248 e. The molecular formula is C19H20ClNO3. The van der Waals surface area contributed by atoms with Gasteiger partial charge >= 0.3 is 0 Å². The third-order valence-electron chi connectivity index (χ3n) is 3.15. The fourth-order valence-corrected chi connectivity index (χ4v) is 2.20. The topological polar surface area (TPSA) is 47.6 Å². The van der Waals surface area contributed by atoms with Gasteiger partial charge in [-0.3, -0.25) is 4.79 Å². The highest BCUT2D eigenvalue weighted by molar-refractivity contribution is 6.32. The molecule has 0 radical (unpaired) electrons. The van der Waals surface area contributed by atoms with E-state index in [4.69, 9.17) is 21.1 Å². The minimum Gasteiger partial charge on any atom is -0.489 e. The van der Waals surface area contributed by atoms with Crippen LogP contribution in [0.2, 0.25) is 5.02 Å². The second-order valence-electron chi connectivity index (χ2n) is 4.89. The SMILES string of the molecule is CCOCCOc1ccccc1NC(=O)/C=C/c1ccccc1Cl. The third kappa shape index (κ3) is 5.72. The van der Waals surface area contributed by atoms with Gasteiger partial charge < -0.3 is 14.8 Å². The number of halogens is 1. The standard InChI is InChI=1S/C19H20ClNO3/c1-2-23-13-14-24-18-10-6-5-9-17(18)21-19(22)12-11-15-7-3-4-8-16(15)20/h3-12H,2,13-14H2,1H3,(H,21,22)/b12-11+. The summed E-state index contributed by atoms with van der Waals surface area (Å²) in [4.78, 5) is 12.1. The number of amides is 1. The summed E-state index contributed by atoms with van der Waals surface area (Å²) in [5.74, 6) is 0.354. The molecule has 0 bridgehead atoms. The molecule has 0 heterocycles. The molecule has 0 saturated carbocycles. The summed E-state index contributed by atoms with van der Waals surface area (Å²) >= 11 is 6.06. The third-order valence-corrected chi connectivity index (χ3v) is 3.50. The number of carbonyl (C=O) groups excluding carboxylic acids is 1. The molecule has 0 atom stereocenters. The molecule has 4 nitrogen and oxygen atoms in total. The van der Waals surface area contributed by atoms with E-state index >= 15 is 0 Å². The van der Waals surface area contributed by atoms with Crippen molar-refractivity contribution in [1.82, 2.24) is 0 Å². The molecule has 1 N–H and O–H groups in total. The molecule has 0 fully saturated rings. The van der Waals surface area contributed by atoms with E-state index in [2.05, 4.69) is 5.32 Å². The Morgan fingerprint density at radius 2 is 1.88 bits per heavy atom. The highest BCUT2D eigenvalue weighted by Gasteiger charge is 2.05. The number of rotatable bonds is 8. The fourth-order valence-electron chi connectivity index (χ4n) is 2.00. The van der Waals surface area contributed by atoms with Gasteiger partial charge in [0.2, 0.25) is 5.91 Å². The van der Waals surface area contributed by atoms with Crippen LogP contribution in [0.4, 0.5) is 5.69 Å². The van der Waals surface area contributed by atoms with E-state index in [9.17, 15) is 4.79 Å². The van der Waals surface area contributed by atoms with Gasteiger partial charge in [0.1, 0.15) is 12.4 Å². The van der Waals surface area contributed by atoms with Crippen molar-refractivity contribution >= 4 is 29.3 Å². The van der Waals surface area contributed by atoms with Gasteiger partial charge in [-0.25, -0.2) is 0 Å². The number of hydrogen-bond donors (Lipinski definition) is 1. The van der Waals surface area contributed by atoms with Crippen molar-refractivity contribution in [3.63, 3.8) is 0 Å². The molecule has 0 unspecified atom stereocenters. The number of anilines is 1. The summed E-state index contributed by atoms with van der Waals surface area (Å²) < 4.78 is 10.9. The van der Waals surface area contributed by atoms with Gasteiger partial charge in [0.25, 0.3) is 0 Å². The summed E-state index contributed by atoms with van der Waals surface area (Å²) in [6, 6.07) is 14.6. The highest BCUT2D eigenvalue weighted by Crippen LogP contribution is 2.24. The van der Waals surface area contributed by atoms with Gasteiger partial charge in [0.05, 0.1) is 12.3 Å². The van der Waals surface area contributed by atoms with Crippen molar-refractivity contribution in [1.29, 1.82) is 0 Å². The molecule has 5 heteroatoms. The molecule has 126 valence electrons. The summed E-state index contributed by atoms with van der Waals surface area (Å²) in [6.45, 7) is 3.51. The lowest BCUT2D eigenvalue weighted by molar-refractivity contribution is -0.111. The number of nitrogens with one attached hydrogen (secondary N) is 1. The zero-order valence-corrected chi connectivity index (χ0v) is 14.3. The predicted octanol–water partition coefficient (Wildman–Crippen LogP) is 4.41. The minimum atomic E-state index is -0.254. The van der Waals surface area contributed by atoms with Crippen molar-refractivity contribution in [2.24, 2.45) is 0 Å². The maximum absolute atomic E-state index is 12.1. The molecule has 1 amide bonds. The summed E-state index contributed by atoms with van der Waals surface area (Å²) in [6.07, 6.45) is 3.12. The Labute approximate surface area is 147 Å². The van der Waals surface area contributed by atoms with E-state index < -0.39 is 0 Å². The average Bonchev–Trinajstić information content (AvgIpc) is 2.59. The smallest absolute Gasteiger partial charge is 0.248 e. The first kappa shape index (κ1) is 18.0. The summed E-state index contributed by atoms with van der Waals surface area (Å²) in [5, 5.41) is 3.40. The lowest BCUT2D eigenvalue weighted by Gasteiger charge is -2.11. The monoisotopic (exact) mass is 345 g/mol. The van der Waals surface area contributed by atoms with E-state index in [0.29, 0.717) is 36.3 Å². The van der Waals surface area contributed by atoms with E-state index in [1.165, 1.54) is 6.08 Å². The Balaban J connectivity index is 1.97. The second kappa shape index (κ2) is 9.75. The average molecular weight is 346 g/mol. The normalized spacial score (nSPS) is 10.8. The number of benzene rings is 2. The van der Waals surface area contributed by atoms with Crippen LogP contribution in [0.25, 0.3) is 6.08 Å². The lowest BCUT2D eigenvalue weighted by atomic mass is 10.2. The van der Waals surface area contributed by atoms with Crippen LogP contribution >= 0.6 is 11.6 Å². The van der Waals surface area contributed by atoms with Crippen LogP contribution in [-0.4, -0.2) is 25.7 Å². The first-order valence-corrected chi connectivity index (χ1v) is 8.11. The fraction of sp³-hybridized carbons (Fsp3) is 0.211. The molecule has 0 aromatic heterocycles. The van der Waals surface area contributed by atoms with Gasteiger partial charge in [-0.1, -0.05) is 41.9 Å². The molecule has 2 rings (SSSR count). The van der Waals surface area contributed by atoms with Gasteiger partial charge in [-0.05, 0) is 36.8 Å². The Hall–Kier alpha value is -2.30. The first-order chi connectivity index (χ1) is 11.7. The van der Waals surface area contributed by atoms with Gasteiger partial charge in [0.15, 0.2) is 0 Å². The van der Waals surface area contributed by atoms with Gasteiger partial charge in [-0.15, -0.1) is 0 Å². The quantitative estimate of drug-likeness (QED) is 0.569. The molecule has 0 aliphatic carbocycles. The molecule has 0 aliphatic heterocycles. The van der Waals surface area contributed by atoms with E-state index in [-0.39, 0.29) is 5.91 Å². The Morgan fingerprint density at radius 1 is 1.12 bits per heavy atom. The molecule has 0 spiro atoms. The van der Waals surface area contributed by atoms with E-state index in [1.807, 2.05) is 37.3 Å². The number of carbonyl (C=O) groups is 1. The van der Waals surface area contributed by atoms with Crippen molar-refractivity contribution in [2.75, 3.05) is 25.1 Å². The summed E-state index contributed by atoms with van der Waals surface area (Å²) in [5.41, 5.74) is 1.40. The van der Waals surface area contributed by atoms with E-state index in [1.54, 1.807) is 24.3 Å². The highest BCUT2D eigenvalue weighted by atomic mass is 35.5. The number of ether oxygens (including phenoxy) is 2. The van der Waals surface area contributed by atoms with Crippen LogP contribution in [-0.2, 0) is 9.53 Å². The zero-order valence-electron chi connectivity index (χ0n) is 13.5.